The van der Waals surface area contributed by atoms with Gasteiger partial charge in [-0.1, -0.05) is 29.9 Å². The number of nitrogens with one attached hydrogen (secondary N) is 3. The fourth-order valence-corrected chi connectivity index (χ4v) is 4.34. The highest BCUT2D eigenvalue weighted by Crippen LogP contribution is 2.33. The minimum atomic E-state index is -0.469. The van der Waals surface area contributed by atoms with E-state index in [0.29, 0.717) is 59.6 Å². The minimum Gasteiger partial charge on any atom is -0.493 e. The number of thiocarbonyl (C=S) groups is 1. The summed E-state index contributed by atoms with van der Waals surface area (Å²) in [6.07, 6.45) is 3.77. The number of aliphatic hydroxyl groups excluding tert-OH is 1. The van der Waals surface area contributed by atoms with E-state index in [1.165, 1.54) is 7.11 Å². The molecule has 1 atom stereocenters. The molecule has 0 bridgehead atoms. The number of para-hydroxylation sites is 1. The molecule has 37 heavy (non-hydrogen) atoms. The summed E-state index contributed by atoms with van der Waals surface area (Å²) in [5, 5.41) is 19.5. The fraction of sp³-hybridized carbons (Fsp3) is 0.423. The van der Waals surface area contributed by atoms with Crippen LogP contribution in [0.1, 0.15) is 25.8 Å². The summed E-state index contributed by atoms with van der Waals surface area (Å²) >= 11 is 11.9. The predicted octanol–water partition coefficient (Wildman–Crippen LogP) is 3.46. The van der Waals surface area contributed by atoms with E-state index in [0.717, 1.165) is 5.56 Å². The molecule has 0 radical (unpaired) electrons. The third-order valence-corrected chi connectivity index (χ3v) is 6.61. The summed E-state index contributed by atoms with van der Waals surface area (Å²) in [6, 6.07) is 7.07. The summed E-state index contributed by atoms with van der Waals surface area (Å²) in [5.41, 5.74) is 1.84. The zero-order valence-corrected chi connectivity index (χ0v) is 23.0. The van der Waals surface area contributed by atoms with Gasteiger partial charge in [0.25, 0.3) is 5.91 Å². The largest absolute Gasteiger partial charge is 0.493 e. The zero-order chi connectivity index (χ0) is 27.0. The number of benzene rings is 1. The smallest absolute Gasteiger partial charge is 0.256 e. The maximum absolute atomic E-state index is 13.0. The number of carbonyl (C=O) groups is 1. The molecule has 0 aliphatic carbocycles. The highest BCUT2D eigenvalue weighted by molar-refractivity contribution is 7.81. The average molecular weight is 549 g/mol. The predicted molar refractivity (Wildman–Crippen MR) is 147 cm³/mol. The molecule has 4 N–H and O–H groups in total. The van der Waals surface area contributed by atoms with E-state index < -0.39 is 5.60 Å². The first-order valence-corrected chi connectivity index (χ1v) is 12.6. The summed E-state index contributed by atoms with van der Waals surface area (Å²) in [4.78, 5) is 17.4. The lowest BCUT2D eigenvalue weighted by molar-refractivity contribution is -0.117. The van der Waals surface area contributed by atoms with Gasteiger partial charge >= 0.3 is 0 Å². The van der Waals surface area contributed by atoms with Crippen LogP contribution in [0.4, 0.5) is 5.69 Å². The number of halogens is 1. The van der Waals surface area contributed by atoms with Crippen LogP contribution < -0.4 is 25.4 Å². The average Bonchev–Trinajstić information content (AvgIpc) is 2.88. The summed E-state index contributed by atoms with van der Waals surface area (Å²) in [6.45, 7) is 4.87. The van der Waals surface area contributed by atoms with Gasteiger partial charge in [0.15, 0.2) is 5.75 Å². The summed E-state index contributed by atoms with van der Waals surface area (Å²) < 4.78 is 16.8. The molecule has 1 aliphatic rings. The van der Waals surface area contributed by atoms with Crippen LogP contribution in [-0.4, -0.2) is 60.6 Å². The molecule has 2 aromatic rings. The molecule has 1 aromatic carbocycles. The van der Waals surface area contributed by atoms with Crippen LogP contribution in [0.2, 0.25) is 5.02 Å². The normalized spacial score (nSPS) is 15.7. The Morgan fingerprint density at radius 3 is 2.81 bits per heavy atom. The molecule has 1 amide bonds. The Labute approximate surface area is 227 Å². The van der Waals surface area contributed by atoms with Crippen LogP contribution in [0.25, 0.3) is 0 Å². The third-order valence-electron chi connectivity index (χ3n) is 6.00. The minimum absolute atomic E-state index is 0.0446. The molecular weight excluding hydrogens is 516 g/mol. The van der Waals surface area contributed by atoms with Crippen molar-refractivity contribution in [2.75, 3.05) is 39.3 Å². The number of hydrogen-bond acceptors (Lipinski definition) is 8. The quantitative estimate of drug-likeness (QED) is 0.296. The van der Waals surface area contributed by atoms with Gasteiger partial charge in [0.05, 0.1) is 35.2 Å². The van der Waals surface area contributed by atoms with Gasteiger partial charge in [0.1, 0.15) is 17.3 Å². The molecule has 1 aliphatic heterocycles. The summed E-state index contributed by atoms with van der Waals surface area (Å²) in [5.74, 6) is 0.536. The van der Waals surface area contributed by atoms with Crippen LogP contribution in [0.5, 0.6) is 11.5 Å². The van der Waals surface area contributed by atoms with Crippen molar-refractivity contribution in [3.05, 3.63) is 58.5 Å². The standard InChI is InChI=1S/C26H33ClN4O5S/c1-26(2,35-4)15-36-20-14-28-10-8-16(20)12-29-22-17(9-11-32)13-30-24(33)21(22)25(37)31-19-7-5-6-18(27)23(19)34-3/h5-8,10,14,17,29,32H,9,11-13,15H2,1-4H3,(H,30,33)(H,31,37). The number of aliphatic hydroxyl groups is 1. The molecule has 0 fully saturated rings. The van der Waals surface area contributed by atoms with E-state index in [4.69, 9.17) is 38.0 Å². The number of amides is 1. The highest BCUT2D eigenvalue weighted by atomic mass is 35.5. The van der Waals surface area contributed by atoms with Crippen LogP contribution in [-0.2, 0) is 16.1 Å². The number of pyridine rings is 1. The van der Waals surface area contributed by atoms with Crippen molar-refractivity contribution in [2.24, 2.45) is 5.92 Å². The molecule has 2 heterocycles. The Bertz CT molecular complexity index is 1160. The summed E-state index contributed by atoms with van der Waals surface area (Å²) in [7, 11) is 3.14. The second kappa shape index (κ2) is 13.0. The molecule has 0 saturated heterocycles. The van der Waals surface area contributed by atoms with Crippen molar-refractivity contribution in [1.82, 2.24) is 15.6 Å². The molecule has 0 saturated carbocycles. The van der Waals surface area contributed by atoms with Crippen LogP contribution in [0.15, 0.2) is 47.9 Å². The number of ether oxygens (including phenoxy) is 3. The number of carbonyl (C=O) groups excluding carboxylic acids is 1. The number of nitrogens with zero attached hydrogens (tertiary/aromatic N) is 1. The SMILES string of the molecule is COc1c(Cl)cccc1NC(=S)C1=C(NCc2ccncc2OCC(C)(C)OC)C(CCO)CNC1=O. The number of anilines is 1. The van der Waals surface area contributed by atoms with Crippen molar-refractivity contribution in [3.8, 4) is 11.5 Å². The van der Waals surface area contributed by atoms with E-state index >= 15 is 0 Å². The van der Waals surface area contributed by atoms with Crippen molar-refractivity contribution in [1.29, 1.82) is 0 Å². The van der Waals surface area contributed by atoms with Crippen LogP contribution >= 0.6 is 23.8 Å². The first-order chi connectivity index (χ1) is 17.7. The van der Waals surface area contributed by atoms with Gasteiger partial charge in [0.2, 0.25) is 0 Å². The van der Waals surface area contributed by atoms with Crippen molar-refractivity contribution < 1.29 is 24.1 Å². The van der Waals surface area contributed by atoms with E-state index in [1.807, 2.05) is 19.9 Å². The van der Waals surface area contributed by atoms with E-state index in [1.54, 1.807) is 37.7 Å². The topological polar surface area (TPSA) is 114 Å². The van der Waals surface area contributed by atoms with Gasteiger partial charge in [-0.3, -0.25) is 9.78 Å². The van der Waals surface area contributed by atoms with Crippen molar-refractivity contribution in [2.45, 2.75) is 32.4 Å². The highest BCUT2D eigenvalue weighted by Gasteiger charge is 2.31. The Morgan fingerprint density at radius 1 is 1.32 bits per heavy atom. The van der Waals surface area contributed by atoms with E-state index in [-0.39, 0.29) is 23.4 Å². The van der Waals surface area contributed by atoms with E-state index in [9.17, 15) is 9.90 Å². The van der Waals surface area contributed by atoms with Gasteiger partial charge in [0, 0.05) is 50.2 Å². The first-order valence-electron chi connectivity index (χ1n) is 11.8. The second-order valence-electron chi connectivity index (χ2n) is 9.07. The van der Waals surface area contributed by atoms with Crippen LogP contribution in [0, 0.1) is 5.92 Å². The lowest BCUT2D eigenvalue weighted by Gasteiger charge is -2.30. The molecule has 200 valence electrons. The van der Waals surface area contributed by atoms with Crippen molar-refractivity contribution in [3.63, 3.8) is 0 Å². The van der Waals surface area contributed by atoms with Gasteiger partial charge in [-0.2, -0.15) is 0 Å². The number of methoxy groups -OCH3 is 2. The van der Waals surface area contributed by atoms with Gasteiger partial charge < -0.3 is 35.3 Å². The molecule has 3 rings (SSSR count). The maximum Gasteiger partial charge on any atom is 0.256 e. The monoisotopic (exact) mass is 548 g/mol. The Hall–Kier alpha value is -2.92. The first kappa shape index (κ1) is 28.6. The maximum atomic E-state index is 13.0. The van der Waals surface area contributed by atoms with E-state index in [2.05, 4.69) is 20.9 Å². The Kier molecular flexibility index (Phi) is 10.1. The zero-order valence-electron chi connectivity index (χ0n) is 21.4. The second-order valence-corrected chi connectivity index (χ2v) is 9.89. The van der Waals surface area contributed by atoms with Gasteiger partial charge in [-0.15, -0.1) is 0 Å². The molecule has 9 nitrogen and oxygen atoms in total. The molecular formula is C26H33ClN4O5S. The lowest BCUT2D eigenvalue weighted by Crippen LogP contribution is -2.44. The van der Waals surface area contributed by atoms with Gasteiger partial charge in [-0.25, -0.2) is 0 Å². The Balaban J connectivity index is 1.90. The Morgan fingerprint density at radius 2 is 2.11 bits per heavy atom. The number of hydrogen-bond donors (Lipinski definition) is 4. The molecule has 0 spiro atoms. The molecule has 1 unspecified atom stereocenters. The number of aromatic nitrogens is 1. The third kappa shape index (κ3) is 7.32. The fourth-order valence-electron chi connectivity index (χ4n) is 3.78. The van der Waals surface area contributed by atoms with Crippen LogP contribution in [0.3, 0.4) is 0 Å². The molecule has 1 aromatic heterocycles. The van der Waals surface area contributed by atoms with Crippen molar-refractivity contribution >= 4 is 40.4 Å². The lowest BCUT2D eigenvalue weighted by atomic mass is 9.92. The number of rotatable bonds is 12. The molecule has 11 heteroatoms. The van der Waals surface area contributed by atoms with Gasteiger partial charge in [-0.05, 0) is 38.5 Å².